The molecule has 0 fully saturated rings. The second kappa shape index (κ2) is 28.3. The number of unbranched alkanes of at least 4 members (excludes halogenated alkanes) is 3. The molecule has 0 radical (unpaired) electrons. The second-order valence-electron chi connectivity index (χ2n) is 21.0. The maximum atomic E-state index is 15.4. The monoisotopic (exact) mass is 1140 g/mol. The molecule has 3 aliphatic heterocycles. The van der Waals surface area contributed by atoms with Crippen molar-refractivity contribution in [1.29, 1.82) is 0 Å². The molecule has 1 unspecified atom stereocenters. The molecule has 12 N–H and O–H groups in total. The number of carbonyl (C=O) groups excluding carboxylic acids is 7. The van der Waals surface area contributed by atoms with Gasteiger partial charge in [0.05, 0.1) is 41.7 Å². The molecular weight excluding hydrogens is 1060 g/mol. The van der Waals surface area contributed by atoms with E-state index < -0.39 is 127 Å². The maximum absolute atomic E-state index is 15.4. The number of rotatable bonds is 30. The zero-order valence-corrected chi connectivity index (χ0v) is 46.0. The Labute approximate surface area is 466 Å². The van der Waals surface area contributed by atoms with Crippen molar-refractivity contribution in [3.8, 4) is 11.4 Å². The van der Waals surface area contributed by atoms with Crippen LogP contribution in [0.3, 0.4) is 0 Å². The number of pyridine rings is 2. The predicted octanol–water partition coefficient (Wildman–Crippen LogP) is -1.32. The van der Waals surface area contributed by atoms with Crippen LogP contribution in [0, 0.1) is 18.7 Å². The van der Waals surface area contributed by atoms with Crippen molar-refractivity contribution >= 4 is 52.3 Å². The van der Waals surface area contributed by atoms with Crippen molar-refractivity contribution in [2.75, 3.05) is 33.0 Å². The van der Waals surface area contributed by atoms with E-state index in [9.17, 15) is 69.0 Å². The highest BCUT2D eigenvalue weighted by Crippen LogP contribution is 2.39. The Kier molecular flexibility index (Phi) is 22.1. The minimum Gasteiger partial charge on any atom is -0.458 e. The molecule has 26 heteroatoms. The lowest BCUT2D eigenvalue weighted by atomic mass is 9.86. The van der Waals surface area contributed by atoms with Gasteiger partial charge >= 0.3 is 5.97 Å². The number of aliphatic hydroxyl groups excluding tert-OH is 6. The predicted molar refractivity (Wildman–Crippen MR) is 286 cm³/mol. The van der Waals surface area contributed by atoms with Gasteiger partial charge in [-0.1, -0.05) is 27.2 Å². The van der Waals surface area contributed by atoms with Gasteiger partial charge in [0.1, 0.15) is 61.8 Å². The summed E-state index contributed by atoms with van der Waals surface area (Å²) in [6, 6.07) is 1.10. The Morgan fingerprint density at radius 1 is 0.889 bits per heavy atom. The van der Waals surface area contributed by atoms with Crippen molar-refractivity contribution < 1.29 is 83.2 Å². The van der Waals surface area contributed by atoms with Crippen LogP contribution in [0.15, 0.2) is 35.1 Å². The number of carbonyl (C=O) groups is 7. The number of fused-ring (bicyclic) bond motifs is 5. The van der Waals surface area contributed by atoms with Crippen LogP contribution in [0.25, 0.3) is 22.3 Å². The van der Waals surface area contributed by atoms with Gasteiger partial charge in [0.2, 0.25) is 35.4 Å². The topological polar surface area (TPSA) is 378 Å². The molecule has 0 aliphatic carbocycles. The third-order valence-corrected chi connectivity index (χ3v) is 14.9. The molecule has 6 rings (SSSR count). The largest absolute Gasteiger partial charge is 0.458 e. The normalized spacial score (nSPS) is 18.9. The maximum Gasteiger partial charge on any atom is 0.343 e. The van der Waals surface area contributed by atoms with Gasteiger partial charge < -0.3 is 81.3 Å². The van der Waals surface area contributed by atoms with Gasteiger partial charge in [-0.15, -0.1) is 0 Å². The Morgan fingerprint density at radius 3 is 2.30 bits per heavy atom. The molecule has 6 amide bonds. The Morgan fingerprint density at radius 2 is 1.62 bits per heavy atom. The molecule has 0 spiro atoms. The highest BCUT2D eigenvalue weighted by atomic mass is 19.1. The van der Waals surface area contributed by atoms with E-state index in [1.54, 1.807) is 33.8 Å². The number of nitrogens with zero attached hydrogens (tertiary/aromatic N) is 3. The van der Waals surface area contributed by atoms with Crippen molar-refractivity contribution in [3.05, 3.63) is 74.3 Å². The van der Waals surface area contributed by atoms with Gasteiger partial charge in [0.25, 0.3) is 5.56 Å². The molecule has 9 atom stereocenters. The molecule has 2 aromatic heterocycles. The number of ether oxygens (including phenoxy) is 2. The van der Waals surface area contributed by atoms with Crippen LogP contribution in [-0.2, 0) is 68.2 Å². The second-order valence-corrected chi connectivity index (χ2v) is 21.0. The number of hydrogen-bond donors (Lipinski definition) is 12. The van der Waals surface area contributed by atoms with E-state index in [0.717, 1.165) is 5.56 Å². The van der Waals surface area contributed by atoms with E-state index in [2.05, 4.69) is 26.6 Å². The number of benzene rings is 1. The van der Waals surface area contributed by atoms with Crippen LogP contribution in [0.5, 0.6) is 0 Å². The number of aryl methyl sites for hydroxylation is 1. The third-order valence-electron chi connectivity index (χ3n) is 14.9. The number of halogens is 1. The standard InChI is InChI=1S/C55H75FN8O17/c1-6-55(79)35-21-39-47-31(24-64(39)53(77)34(35)26-81-54(55)78)20-33-32(29(4)36(56)22-38(33)61-47)12-9-11-19-80-27-58-50(74)30(5)59-52(76)46(28(2)3)62-51(75)37(14-15-42(68)57-23-40(66)48(72)49(73)41(67)25-65)60-43(69)13-8-7-10-18-63-44(70)16-17-45(63)71/h16-17,20-22,28,30,37,40-41,44,46,48-49,65-67,70,72-73,79H,6-15,18-19,23-27H2,1-5H3,(H,57,68)(H,58,74)(H,59,76)(H,60,69)(H,62,75)/t30-,37-,40-,41+,44?,46-,48+,49+,55-/m0/s1. The van der Waals surface area contributed by atoms with Crippen LogP contribution < -0.4 is 32.1 Å². The lowest BCUT2D eigenvalue weighted by Crippen LogP contribution is -2.58. The SMILES string of the molecule is CC[C@@]1(O)C(=O)OCc2c1cc1n(c2=O)Cc2cc3c(CCCCOCNC(=O)[C@H](C)NC(=O)[C@@H](NC(=O)[C@H](CCC(=O)NC[C@H](O)[C@@H](O)[C@H](O)[C@H](O)CO)NC(=O)CCCCCN4C(=O)C=CC4O)C(C)C)c(C)c(F)cc3nc2-1. The number of aliphatic hydroxyl groups is 7. The molecule has 0 saturated heterocycles. The van der Waals surface area contributed by atoms with Crippen LogP contribution >= 0.6 is 0 Å². The molecule has 1 aromatic carbocycles. The molecule has 5 heterocycles. The zero-order valence-electron chi connectivity index (χ0n) is 46.0. The van der Waals surface area contributed by atoms with E-state index in [1.807, 2.05) is 6.07 Å². The molecule has 444 valence electrons. The summed E-state index contributed by atoms with van der Waals surface area (Å²) in [5.74, 6) is -5.69. The molecule has 0 saturated carbocycles. The quantitative estimate of drug-likeness (QED) is 0.0164. The molecule has 81 heavy (non-hydrogen) atoms. The van der Waals surface area contributed by atoms with Crippen molar-refractivity contribution in [2.45, 2.75) is 166 Å². The lowest BCUT2D eigenvalue weighted by molar-refractivity contribution is -0.172. The smallest absolute Gasteiger partial charge is 0.343 e. The summed E-state index contributed by atoms with van der Waals surface area (Å²) in [7, 11) is 0. The molecule has 25 nitrogen and oxygen atoms in total. The third kappa shape index (κ3) is 15.2. The van der Waals surface area contributed by atoms with Gasteiger partial charge in [-0.25, -0.2) is 14.2 Å². The summed E-state index contributed by atoms with van der Waals surface area (Å²) < 4.78 is 27.8. The lowest BCUT2D eigenvalue weighted by Gasteiger charge is -2.31. The first-order chi connectivity index (χ1) is 38.4. The molecule has 3 aliphatic rings. The average Bonchev–Trinajstić information content (AvgIpc) is 2.59. The van der Waals surface area contributed by atoms with Gasteiger partial charge in [0, 0.05) is 61.2 Å². The number of cyclic esters (lactones) is 1. The number of hydrogen-bond acceptors (Lipinski definition) is 18. The summed E-state index contributed by atoms with van der Waals surface area (Å²) >= 11 is 0. The number of aromatic nitrogens is 2. The van der Waals surface area contributed by atoms with Crippen molar-refractivity contribution in [3.63, 3.8) is 0 Å². The van der Waals surface area contributed by atoms with Crippen LogP contribution in [-0.4, -0.2) is 173 Å². The fourth-order valence-electron chi connectivity index (χ4n) is 9.88. The van der Waals surface area contributed by atoms with Gasteiger partial charge in [-0.3, -0.25) is 33.6 Å². The zero-order chi connectivity index (χ0) is 59.5. The fraction of sp³-hybridized carbons (Fsp3) is 0.582. The average molecular weight is 1140 g/mol. The summed E-state index contributed by atoms with van der Waals surface area (Å²) in [5.41, 5.74) is 1.08. The Balaban J connectivity index is 0.981. The summed E-state index contributed by atoms with van der Waals surface area (Å²) in [4.78, 5) is 111. The minimum atomic E-state index is -1.99. The van der Waals surface area contributed by atoms with Crippen molar-refractivity contribution in [2.24, 2.45) is 5.92 Å². The Bertz CT molecular complexity index is 2920. The number of nitrogens with one attached hydrogen (secondary N) is 5. The molecular formula is C55H75FN8O17. The first kappa shape index (κ1) is 63.4. The first-order valence-corrected chi connectivity index (χ1v) is 27.2. The van der Waals surface area contributed by atoms with E-state index in [0.29, 0.717) is 71.9 Å². The van der Waals surface area contributed by atoms with Crippen LogP contribution in [0.1, 0.15) is 113 Å². The van der Waals surface area contributed by atoms with E-state index in [-0.39, 0.29) is 69.3 Å². The van der Waals surface area contributed by atoms with E-state index in [1.165, 1.54) is 34.6 Å². The van der Waals surface area contributed by atoms with E-state index in [4.69, 9.17) is 19.6 Å². The van der Waals surface area contributed by atoms with E-state index >= 15 is 4.39 Å². The van der Waals surface area contributed by atoms with Gasteiger partial charge in [0.15, 0.2) is 5.60 Å². The summed E-state index contributed by atoms with van der Waals surface area (Å²) in [5, 5.41) is 83.4. The number of amides is 6. The summed E-state index contributed by atoms with van der Waals surface area (Å²) in [6.45, 7) is 6.63. The molecule has 3 aromatic rings. The molecule has 0 bridgehead atoms. The first-order valence-electron chi connectivity index (χ1n) is 27.2. The van der Waals surface area contributed by atoms with Crippen LogP contribution in [0.2, 0.25) is 0 Å². The highest BCUT2D eigenvalue weighted by Gasteiger charge is 2.45. The minimum absolute atomic E-state index is 0.00910. The van der Waals surface area contributed by atoms with Crippen LogP contribution in [0.4, 0.5) is 4.39 Å². The summed E-state index contributed by atoms with van der Waals surface area (Å²) in [6.07, 6.45) is -3.81. The van der Waals surface area contributed by atoms with Gasteiger partial charge in [-0.05, 0) is 94.0 Å². The fourth-order valence-corrected chi connectivity index (χ4v) is 9.88. The number of esters is 1. The van der Waals surface area contributed by atoms with Gasteiger partial charge in [-0.2, -0.15) is 0 Å². The van der Waals surface area contributed by atoms with Crippen molar-refractivity contribution in [1.82, 2.24) is 41.0 Å². The highest BCUT2D eigenvalue weighted by molar-refractivity contribution is 5.95. The Hall–Kier alpha value is -6.78.